The number of halogens is 3. The average molecular weight is 546 g/mol. The number of amides is 2. The van der Waals surface area contributed by atoms with E-state index < -0.39 is 0 Å². The fourth-order valence-electron chi connectivity index (χ4n) is 5.16. The van der Waals surface area contributed by atoms with Crippen LogP contribution in [0, 0.1) is 5.82 Å². The summed E-state index contributed by atoms with van der Waals surface area (Å²) in [5.41, 5.74) is 2.48. The third kappa shape index (κ3) is 5.02. The van der Waals surface area contributed by atoms with Crippen LogP contribution in [0.25, 0.3) is 0 Å². The molecule has 5 nitrogen and oxygen atoms in total. The Morgan fingerprint density at radius 2 is 1.89 bits per heavy atom. The smallest absolute Gasteiger partial charge is 0.254 e. The summed E-state index contributed by atoms with van der Waals surface area (Å²) in [4.78, 5) is 33.5. The van der Waals surface area contributed by atoms with Crippen LogP contribution in [0.2, 0.25) is 10.0 Å². The lowest BCUT2D eigenvalue weighted by molar-refractivity contribution is -0.135. The number of hydrogen-bond acceptors (Lipinski definition) is 4. The lowest BCUT2D eigenvalue weighted by Gasteiger charge is -2.42. The number of fused-ring (bicyclic) bond motifs is 1. The van der Waals surface area contributed by atoms with Gasteiger partial charge in [-0.3, -0.25) is 14.5 Å². The molecule has 36 heavy (non-hydrogen) atoms. The molecule has 3 aromatic rings. The molecule has 188 valence electrons. The van der Waals surface area contributed by atoms with Crippen molar-refractivity contribution in [3.8, 4) is 0 Å². The first-order valence-electron chi connectivity index (χ1n) is 11.9. The highest BCUT2D eigenvalue weighted by Gasteiger charge is 2.35. The Morgan fingerprint density at radius 1 is 1.06 bits per heavy atom. The second kappa shape index (κ2) is 10.5. The van der Waals surface area contributed by atoms with Gasteiger partial charge in [0.25, 0.3) is 5.91 Å². The van der Waals surface area contributed by atoms with Crippen LogP contribution in [0.1, 0.15) is 39.3 Å². The maximum Gasteiger partial charge on any atom is 0.254 e. The van der Waals surface area contributed by atoms with E-state index in [4.69, 9.17) is 23.2 Å². The summed E-state index contributed by atoms with van der Waals surface area (Å²) >= 11 is 13.8. The Morgan fingerprint density at radius 3 is 2.64 bits per heavy atom. The highest BCUT2D eigenvalue weighted by atomic mass is 35.5. The van der Waals surface area contributed by atoms with Crippen molar-refractivity contribution in [1.29, 1.82) is 0 Å². The third-order valence-electron chi connectivity index (χ3n) is 6.98. The molecule has 9 heteroatoms. The van der Waals surface area contributed by atoms with Gasteiger partial charge < -0.3 is 9.80 Å². The van der Waals surface area contributed by atoms with E-state index in [0.717, 1.165) is 24.1 Å². The fraction of sp³-hybridized carbons (Fsp3) is 0.333. The monoisotopic (exact) mass is 545 g/mol. The summed E-state index contributed by atoms with van der Waals surface area (Å²) < 4.78 is 14.1. The number of benzene rings is 2. The number of carbonyl (C=O) groups is 2. The van der Waals surface area contributed by atoms with E-state index in [9.17, 15) is 14.0 Å². The first-order valence-corrected chi connectivity index (χ1v) is 13.5. The number of rotatable bonds is 4. The Kier molecular flexibility index (Phi) is 7.35. The van der Waals surface area contributed by atoms with Gasteiger partial charge >= 0.3 is 0 Å². The molecule has 0 spiro atoms. The summed E-state index contributed by atoms with van der Waals surface area (Å²) in [6, 6.07) is 13.3. The summed E-state index contributed by atoms with van der Waals surface area (Å²) in [5, 5.41) is 2.81. The zero-order chi connectivity index (χ0) is 25.4. The summed E-state index contributed by atoms with van der Waals surface area (Å²) in [5.74, 6) is -0.387. The van der Waals surface area contributed by atoms with Crippen molar-refractivity contribution < 1.29 is 14.0 Å². The molecule has 0 bridgehead atoms. The second-order valence-corrected chi connectivity index (χ2v) is 11.1. The van der Waals surface area contributed by atoms with Crippen molar-refractivity contribution in [2.45, 2.75) is 25.4 Å². The van der Waals surface area contributed by atoms with Crippen LogP contribution >= 0.6 is 34.5 Å². The molecule has 2 atom stereocenters. The van der Waals surface area contributed by atoms with Gasteiger partial charge in [0.15, 0.2) is 0 Å². The topological polar surface area (TPSA) is 43.9 Å². The largest absolute Gasteiger partial charge is 0.338 e. The second-order valence-electron chi connectivity index (χ2n) is 9.29. The van der Waals surface area contributed by atoms with Crippen molar-refractivity contribution in [3.63, 3.8) is 0 Å². The van der Waals surface area contributed by atoms with Gasteiger partial charge in [0.05, 0.1) is 22.6 Å². The molecule has 0 aliphatic carbocycles. The molecule has 2 aromatic carbocycles. The highest BCUT2D eigenvalue weighted by molar-refractivity contribution is 7.10. The van der Waals surface area contributed by atoms with Crippen LogP contribution < -0.4 is 0 Å². The maximum atomic E-state index is 14.1. The molecule has 2 unspecified atom stereocenters. The average Bonchev–Trinajstić information content (AvgIpc) is 3.34. The molecule has 1 fully saturated rings. The van der Waals surface area contributed by atoms with Gasteiger partial charge in [-0.05, 0) is 66.2 Å². The standard InChI is InChI=1S/C27H26Cl2FN3O2S/c1-17-15-31(10-11-33(17)27(35)19-5-6-22(28)23(29)14-19)25(34)16-32-9-7-24-21(8-12-36-24)26(32)18-3-2-4-20(30)13-18/h2-6,8,12-14,17,26H,7,9-11,15-16H2,1H3. The Hall–Kier alpha value is -2.45. The number of piperazine rings is 1. The number of carbonyl (C=O) groups excluding carboxylic acids is 2. The molecule has 0 N–H and O–H groups in total. The van der Waals surface area contributed by atoms with E-state index in [1.807, 2.05) is 17.9 Å². The van der Waals surface area contributed by atoms with Crippen LogP contribution in [0.15, 0.2) is 53.9 Å². The molecule has 0 saturated carbocycles. The van der Waals surface area contributed by atoms with E-state index in [-0.39, 0.29) is 36.3 Å². The van der Waals surface area contributed by atoms with Gasteiger partial charge in [-0.15, -0.1) is 11.3 Å². The summed E-state index contributed by atoms with van der Waals surface area (Å²) in [6.45, 7) is 4.26. The minimum Gasteiger partial charge on any atom is -0.338 e. The van der Waals surface area contributed by atoms with E-state index in [1.54, 1.807) is 46.6 Å². The van der Waals surface area contributed by atoms with Gasteiger partial charge in [-0.1, -0.05) is 35.3 Å². The van der Waals surface area contributed by atoms with Gasteiger partial charge in [0.1, 0.15) is 5.82 Å². The van der Waals surface area contributed by atoms with E-state index in [1.165, 1.54) is 10.9 Å². The van der Waals surface area contributed by atoms with Gasteiger partial charge in [0, 0.05) is 42.7 Å². The summed E-state index contributed by atoms with van der Waals surface area (Å²) in [7, 11) is 0. The molecule has 2 amide bonds. The number of nitrogens with zero attached hydrogens (tertiary/aromatic N) is 3. The van der Waals surface area contributed by atoms with Crippen LogP contribution in [-0.4, -0.2) is 65.3 Å². The molecule has 2 aliphatic heterocycles. The van der Waals surface area contributed by atoms with Gasteiger partial charge in [0.2, 0.25) is 5.91 Å². The quantitative estimate of drug-likeness (QED) is 0.433. The van der Waals surface area contributed by atoms with Crippen molar-refractivity contribution in [2.75, 3.05) is 32.7 Å². The highest BCUT2D eigenvalue weighted by Crippen LogP contribution is 2.38. The third-order valence-corrected chi connectivity index (χ3v) is 8.71. The number of thiophene rings is 1. The normalized spacial score (nSPS) is 20.3. The number of hydrogen-bond donors (Lipinski definition) is 0. The predicted octanol–water partition coefficient (Wildman–Crippen LogP) is 5.51. The Balaban J connectivity index is 1.28. The molecule has 1 aromatic heterocycles. The lowest BCUT2D eigenvalue weighted by atomic mass is 9.93. The fourth-order valence-corrected chi connectivity index (χ4v) is 6.36. The van der Waals surface area contributed by atoms with Gasteiger partial charge in [-0.25, -0.2) is 4.39 Å². The van der Waals surface area contributed by atoms with E-state index >= 15 is 0 Å². The molecule has 3 heterocycles. The zero-order valence-electron chi connectivity index (χ0n) is 19.8. The van der Waals surface area contributed by atoms with E-state index in [2.05, 4.69) is 16.3 Å². The molecular weight excluding hydrogens is 520 g/mol. The minimum absolute atomic E-state index is 0.0172. The van der Waals surface area contributed by atoms with Crippen LogP contribution in [0.5, 0.6) is 0 Å². The van der Waals surface area contributed by atoms with Crippen LogP contribution in [0.3, 0.4) is 0 Å². The van der Waals surface area contributed by atoms with Crippen LogP contribution in [0.4, 0.5) is 4.39 Å². The maximum absolute atomic E-state index is 14.1. The first-order chi connectivity index (χ1) is 17.3. The van der Waals surface area contributed by atoms with E-state index in [0.29, 0.717) is 35.2 Å². The van der Waals surface area contributed by atoms with Crippen LogP contribution in [-0.2, 0) is 11.2 Å². The lowest BCUT2D eigenvalue weighted by Crippen LogP contribution is -2.57. The zero-order valence-corrected chi connectivity index (χ0v) is 22.1. The minimum atomic E-state index is -0.280. The molecular formula is C27H26Cl2FN3O2S. The predicted molar refractivity (Wildman–Crippen MR) is 141 cm³/mol. The first kappa shape index (κ1) is 25.2. The Labute approximate surface area is 224 Å². The van der Waals surface area contributed by atoms with Crippen molar-refractivity contribution in [1.82, 2.24) is 14.7 Å². The van der Waals surface area contributed by atoms with Crippen molar-refractivity contribution in [3.05, 3.63) is 91.3 Å². The Bertz CT molecular complexity index is 1300. The van der Waals surface area contributed by atoms with Gasteiger partial charge in [-0.2, -0.15) is 0 Å². The van der Waals surface area contributed by atoms with Crippen molar-refractivity contribution in [2.24, 2.45) is 0 Å². The van der Waals surface area contributed by atoms with Crippen molar-refractivity contribution >= 4 is 46.4 Å². The molecule has 0 radical (unpaired) electrons. The SMILES string of the molecule is CC1CN(C(=O)CN2CCc3sccc3C2c2cccc(F)c2)CCN1C(=O)c1ccc(Cl)c(Cl)c1. The molecule has 2 aliphatic rings. The molecule has 1 saturated heterocycles. The molecule has 5 rings (SSSR count). The summed E-state index contributed by atoms with van der Waals surface area (Å²) in [6.07, 6.45) is 0.869.